The topological polar surface area (TPSA) is 47.6 Å². The van der Waals surface area contributed by atoms with Crippen LogP contribution in [0.4, 0.5) is 0 Å². The molecular formula is C11H24N4O. The molecule has 1 aliphatic heterocycles. The molecule has 94 valence electrons. The molecule has 0 radical (unpaired) electrons. The average Bonchev–Trinajstić information content (AvgIpc) is 2.28. The Hall–Kier alpha value is -0.650. The predicted octanol–water partition coefficient (Wildman–Crippen LogP) is -1.04. The van der Waals surface area contributed by atoms with Crippen molar-refractivity contribution in [2.75, 3.05) is 53.9 Å². The third-order valence-electron chi connectivity index (χ3n) is 3.17. The third kappa shape index (κ3) is 4.47. The number of piperazine rings is 1. The van der Waals surface area contributed by atoms with Gasteiger partial charge in [-0.25, -0.2) is 0 Å². The van der Waals surface area contributed by atoms with E-state index in [0.717, 1.165) is 32.7 Å². The summed E-state index contributed by atoms with van der Waals surface area (Å²) >= 11 is 0. The zero-order chi connectivity index (χ0) is 12.0. The quantitative estimate of drug-likeness (QED) is 0.590. The zero-order valence-corrected chi connectivity index (χ0v) is 10.6. The van der Waals surface area contributed by atoms with Gasteiger partial charge in [0.15, 0.2) is 0 Å². The number of hydrogen-bond donors (Lipinski definition) is 2. The maximum Gasteiger partial charge on any atom is 0.221 e. The molecule has 0 aliphatic carbocycles. The summed E-state index contributed by atoms with van der Waals surface area (Å²) in [6.45, 7) is 5.08. The van der Waals surface area contributed by atoms with Crippen LogP contribution in [0.25, 0.3) is 0 Å². The minimum Gasteiger partial charge on any atom is -0.359 e. The fourth-order valence-electron chi connectivity index (χ4n) is 1.92. The molecule has 0 aromatic heterocycles. The van der Waals surface area contributed by atoms with Gasteiger partial charge < -0.3 is 15.5 Å². The van der Waals surface area contributed by atoms with Crippen LogP contribution < -0.4 is 10.6 Å². The summed E-state index contributed by atoms with van der Waals surface area (Å²) in [5.41, 5.74) is 0. The molecule has 0 aromatic rings. The molecule has 0 aromatic carbocycles. The Labute approximate surface area is 98.2 Å². The monoisotopic (exact) mass is 228 g/mol. The summed E-state index contributed by atoms with van der Waals surface area (Å²) in [5, 5.41) is 5.96. The van der Waals surface area contributed by atoms with E-state index in [2.05, 4.69) is 34.5 Å². The molecule has 0 spiro atoms. The van der Waals surface area contributed by atoms with E-state index in [-0.39, 0.29) is 5.91 Å². The summed E-state index contributed by atoms with van der Waals surface area (Å²) in [4.78, 5) is 15.7. The second kappa shape index (κ2) is 6.83. The maximum absolute atomic E-state index is 11.0. The van der Waals surface area contributed by atoms with E-state index in [1.54, 1.807) is 7.05 Å². The molecule has 5 nitrogen and oxygen atoms in total. The van der Waals surface area contributed by atoms with Crippen molar-refractivity contribution in [2.45, 2.75) is 12.5 Å². The maximum atomic E-state index is 11.0. The van der Waals surface area contributed by atoms with Crippen LogP contribution in [0.2, 0.25) is 0 Å². The molecule has 0 saturated carbocycles. The summed E-state index contributed by atoms with van der Waals surface area (Å²) in [5.74, 6) is 0.0987. The molecule has 1 aliphatic rings. The first-order valence-electron chi connectivity index (χ1n) is 5.93. The standard InChI is InChI=1S/C11H24N4O/c1-12-11(16)4-5-13-8-10-9-14(2)6-7-15(10)3/h10,13H,4-9H2,1-3H3,(H,12,16). The predicted molar refractivity (Wildman–Crippen MR) is 65.5 cm³/mol. The summed E-state index contributed by atoms with van der Waals surface area (Å²) in [7, 11) is 5.99. The van der Waals surface area contributed by atoms with Crippen LogP contribution in [0.3, 0.4) is 0 Å². The largest absolute Gasteiger partial charge is 0.359 e. The van der Waals surface area contributed by atoms with E-state index in [1.165, 1.54) is 0 Å². The Morgan fingerprint density at radius 2 is 2.12 bits per heavy atom. The van der Waals surface area contributed by atoms with Crippen molar-refractivity contribution in [2.24, 2.45) is 0 Å². The normalized spacial score (nSPS) is 23.3. The molecule has 1 amide bonds. The van der Waals surface area contributed by atoms with Gasteiger partial charge >= 0.3 is 0 Å². The van der Waals surface area contributed by atoms with Gasteiger partial charge in [0.1, 0.15) is 0 Å². The summed E-state index contributed by atoms with van der Waals surface area (Å²) in [6.07, 6.45) is 0.558. The highest BCUT2D eigenvalue weighted by Crippen LogP contribution is 2.04. The lowest BCUT2D eigenvalue weighted by molar-refractivity contribution is -0.120. The SMILES string of the molecule is CNC(=O)CCNCC1CN(C)CCN1C. The Morgan fingerprint density at radius 1 is 1.38 bits per heavy atom. The van der Waals surface area contributed by atoms with E-state index >= 15 is 0 Å². The van der Waals surface area contributed by atoms with Crippen LogP contribution in [-0.4, -0.2) is 75.6 Å². The number of hydrogen-bond acceptors (Lipinski definition) is 4. The highest BCUT2D eigenvalue weighted by Gasteiger charge is 2.21. The van der Waals surface area contributed by atoms with Crippen molar-refractivity contribution in [1.29, 1.82) is 0 Å². The van der Waals surface area contributed by atoms with Crippen molar-refractivity contribution in [3.05, 3.63) is 0 Å². The molecule has 1 fully saturated rings. The van der Waals surface area contributed by atoms with E-state index in [1.807, 2.05) is 0 Å². The van der Waals surface area contributed by atoms with Gasteiger partial charge in [0, 0.05) is 52.2 Å². The number of amides is 1. The molecule has 1 unspecified atom stereocenters. The van der Waals surface area contributed by atoms with Crippen molar-refractivity contribution in [1.82, 2.24) is 20.4 Å². The lowest BCUT2D eigenvalue weighted by Crippen LogP contribution is -2.53. The number of likely N-dealkylation sites (N-methyl/N-ethyl adjacent to an activating group) is 2. The smallest absolute Gasteiger partial charge is 0.221 e. The Kier molecular flexibility index (Phi) is 5.73. The first kappa shape index (κ1) is 13.4. The summed E-state index contributed by atoms with van der Waals surface area (Å²) in [6, 6.07) is 0.559. The van der Waals surface area contributed by atoms with Gasteiger partial charge in [-0.05, 0) is 14.1 Å². The van der Waals surface area contributed by atoms with E-state index in [0.29, 0.717) is 12.5 Å². The molecule has 0 bridgehead atoms. The Bertz CT molecular complexity index is 222. The Morgan fingerprint density at radius 3 is 2.81 bits per heavy atom. The van der Waals surface area contributed by atoms with Gasteiger partial charge in [0.05, 0.1) is 0 Å². The van der Waals surface area contributed by atoms with Crippen LogP contribution >= 0.6 is 0 Å². The van der Waals surface area contributed by atoms with Gasteiger partial charge in [-0.2, -0.15) is 0 Å². The average molecular weight is 228 g/mol. The number of carbonyl (C=O) groups is 1. The van der Waals surface area contributed by atoms with Gasteiger partial charge in [0.2, 0.25) is 5.91 Å². The van der Waals surface area contributed by atoms with Crippen molar-refractivity contribution >= 4 is 5.91 Å². The third-order valence-corrected chi connectivity index (χ3v) is 3.17. The van der Waals surface area contributed by atoms with Crippen LogP contribution in [-0.2, 0) is 4.79 Å². The van der Waals surface area contributed by atoms with Crippen molar-refractivity contribution in [3.63, 3.8) is 0 Å². The fraction of sp³-hybridized carbons (Fsp3) is 0.909. The zero-order valence-electron chi connectivity index (χ0n) is 10.6. The molecule has 1 rings (SSSR count). The second-order valence-electron chi connectivity index (χ2n) is 4.52. The molecule has 16 heavy (non-hydrogen) atoms. The first-order chi connectivity index (χ1) is 7.63. The summed E-state index contributed by atoms with van der Waals surface area (Å²) < 4.78 is 0. The van der Waals surface area contributed by atoms with E-state index in [9.17, 15) is 4.79 Å². The van der Waals surface area contributed by atoms with Gasteiger partial charge in [-0.15, -0.1) is 0 Å². The van der Waals surface area contributed by atoms with Crippen molar-refractivity contribution in [3.8, 4) is 0 Å². The van der Waals surface area contributed by atoms with Gasteiger partial charge in [-0.3, -0.25) is 9.69 Å². The highest BCUT2D eigenvalue weighted by atomic mass is 16.1. The van der Waals surface area contributed by atoms with Crippen LogP contribution in [0.5, 0.6) is 0 Å². The van der Waals surface area contributed by atoms with E-state index < -0.39 is 0 Å². The van der Waals surface area contributed by atoms with Crippen LogP contribution in [0, 0.1) is 0 Å². The molecular weight excluding hydrogens is 204 g/mol. The first-order valence-corrected chi connectivity index (χ1v) is 5.93. The number of nitrogens with one attached hydrogen (secondary N) is 2. The molecule has 5 heteroatoms. The van der Waals surface area contributed by atoms with Crippen molar-refractivity contribution < 1.29 is 4.79 Å². The van der Waals surface area contributed by atoms with Gasteiger partial charge in [-0.1, -0.05) is 0 Å². The number of nitrogens with zero attached hydrogens (tertiary/aromatic N) is 2. The molecule has 1 saturated heterocycles. The highest BCUT2D eigenvalue weighted by molar-refractivity contribution is 5.75. The molecule has 1 atom stereocenters. The second-order valence-corrected chi connectivity index (χ2v) is 4.52. The van der Waals surface area contributed by atoms with E-state index in [4.69, 9.17) is 0 Å². The number of carbonyl (C=O) groups excluding carboxylic acids is 1. The minimum atomic E-state index is 0.0987. The lowest BCUT2D eigenvalue weighted by atomic mass is 10.2. The van der Waals surface area contributed by atoms with Gasteiger partial charge in [0.25, 0.3) is 0 Å². The number of rotatable bonds is 5. The fourth-order valence-corrected chi connectivity index (χ4v) is 1.92. The minimum absolute atomic E-state index is 0.0987. The van der Waals surface area contributed by atoms with Crippen LogP contribution in [0.15, 0.2) is 0 Å². The Balaban J connectivity index is 2.13. The lowest BCUT2D eigenvalue weighted by Gasteiger charge is -2.37. The molecule has 2 N–H and O–H groups in total. The van der Waals surface area contributed by atoms with Crippen LogP contribution in [0.1, 0.15) is 6.42 Å². The molecule has 1 heterocycles.